The zero-order valence-electron chi connectivity index (χ0n) is 16.2. The van der Waals surface area contributed by atoms with E-state index in [2.05, 4.69) is 5.32 Å². The fourth-order valence-corrected chi connectivity index (χ4v) is 5.61. The van der Waals surface area contributed by atoms with Gasteiger partial charge in [0.25, 0.3) is 0 Å². The predicted octanol–water partition coefficient (Wildman–Crippen LogP) is 4.97. The molecule has 1 atom stereocenters. The summed E-state index contributed by atoms with van der Waals surface area (Å²) in [5.74, 6) is 0.485. The van der Waals surface area contributed by atoms with E-state index in [1.807, 2.05) is 12.1 Å². The molecule has 1 N–H and O–H groups in total. The molecule has 1 saturated heterocycles. The van der Waals surface area contributed by atoms with Crippen molar-refractivity contribution in [1.82, 2.24) is 10.3 Å². The van der Waals surface area contributed by atoms with Crippen LogP contribution >= 0.6 is 11.3 Å². The van der Waals surface area contributed by atoms with Crippen LogP contribution in [0.1, 0.15) is 42.1 Å². The molecule has 0 saturated carbocycles. The summed E-state index contributed by atoms with van der Waals surface area (Å²) in [6.45, 7) is 1.68. The van der Waals surface area contributed by atoms with Crippen LogP contribution in [0.2, 0.25) is 0 Å². The Morgan fingerprint density at radius 2 is 2.13 bits per heavy atom. The van der Waals surface area contributed by atoms with Gasteiger partial charge in [0, 0.05) is 30.7 Å². The Bertz CT molecular complexity index is 1170. The van der Waals surface area contributed by atoms with Crippen LogP contribution < -0.4 is 15.0 Å². The summed E-state index contributed by atoms with van der Waals surface area (Å²) >= 11 is 1.43. The van der Waals surface area contributed by atoms with Crippen molar-refractivity contribution in [1.29, 1.82) is 0 Å². The third kappa shape index (κ3) is 2.78. The average molecular weight is 425 g/mol. The second-order valence-corrected chi connectivity index (χ2v) is 8.84. The number of hydrogen-bond acceptors (Lipinski definition) is 5. The van der Waals surface area contributed by atoms with E-state index in [0.29, 0.717) is 30.6 Å². The van der Waals surface area contributed by atoms with Gasteiger partial charge in [0.05, 0.1) is 28.6 Å². The first kappa shape index (κ1) is 18.1. The summed E-state index contributed by atoms with van der Waals surface area (Å²) in [5.41, 5.74) is 4.20. The van der Waals surface area contributed by atoms with Crippen LogP contribution in [0, 0.1) is 5.82 Å². The van der Waals surface area contributed by atoms with Crippen molar-refractivity contribution >= 4 is 38.4 Å². The summed E-state index contributed by atoms with van der Waals surface area (Å²) in [7, 11) is 0. The maximum atomic E-state index is 14.7. The van der Waals surface area contributed by atoms with Gasteiger partial charge in [-0.05, 0) is 49.1 Å². The Balaban J connectivity index is 1.49. The molecule has 154 valence electrons. The summed E-state index contributed by atoms with van der Waals surface area (Å²) < 4.78 is 27.2. The Morgan fingerprint density at radius 1 is 1.20 bits per heavy atom. The molecule has 0 aliphatic carbocycles. The van der Waals surface area contributed by atoms with Gasteiger partial charge in [-0.2, -0.15) is 0 Å². The van der Waals surface area contributed by atoms with Gasteiger partial charge in [-0.15, -0.1) is 0 Å². The molecule has 1 fully saturated rings. The number of carbonyl (C=O) groups is 1. The van der Waals surface area contributed by atoms with E-state index < -0.39 is 0 Å². The molecule has 3 aliphatic heterocycles. The van der Waals surface area contributed by atoms with Crippen LogP contribution in [-0.4, -0.2) is 24.2 Å². The van der Waals surface area contributed by atoms with E-state index in [4.69, 9.17) is 14.5 Å². The molecule has 6 nitrogen and oxygen atoms in total. The quantitative estimate of drug-likeness (QED) is 0.629. The number of aromatic nitrogens is 1. The van der Waals surface area contributed by atoms with Crippen molar-refractivity contribution in [3.05, 3.63) is 46.8 Å². The highest BCUT2D eigenvalue weighted by molar-refractivity contribution is 7.22. The molecule has 1 unspecified atom stereocenters. The van der Waals surface area contributed by atoms with Gasteiger partial charge < -0.3 is 14.8 Å². The van der Waals surface area contributed by atoms with Crippen LogP contribution in [0.25, 0.3) is 10.2 Å². The molecule has 3 aliphatic rings. The maximum Gasteiger partial charge on any atom is 0.328 e. The first-order valence-electron chi connectivity index (χ1n) is 10.3. The van der Waals surface area contributed by atoms with Gasteiger partial charge >= 0.3 is 6.03 Å². The molecular formula is C22H20FN3O3S. The molecular weight excluding hydrogens is 405 g/mol. The minimum absolute atomic E-state index is 0.143. The number of benzene rings is 2. The van der Waals surface area contributed by atoms with E-state index in [1.54, 1.807) is 6.07 Å². The van der Waals surface area contributed by atoms with Crippen LogP contribution in [0.15, 0.2) is 24.3 Å². The molecule has 2 amide bonds. The van der Waals surface area contributed by atoms with Crippen LogP contribution in [0.4, 0.5) is 20.0 Å². The Hall–Kier alpha value is -2.71. The fraction of sp³-hybridized carbons (Fsp3) is 0.364. The Labute approximate surface area is 176 Å². The zero-order valence-corrected chi connectivity index (χ0v) is 17.1. The number of carbonyl (C=O) groups excluding carboxylic acids is 1. The van der Waals surface area contributed by atoms with Gasteiger partial charge in [0.1, 0.15) is 11.6 Å². The van der Waals surface area contributed by atoms with Gasteiger partial charge in [0.2, 0.25) is 0 Å². The lowest BCUT2D eigenvalue weighted by atomic mass is 9.94. The van der Waals surface area contributed by atoms with Gasteiger partial charge in [-0.25, -0.2) is 19.1 Å². The molecule has 4 heterocycles. The number of rotatable bonds is 2. The maximum absolute atomic E-state index is 14.7. The summed E-state index contributed by atoms with van der Waals surface area (Å²) in [4.78, 5) is 19.2. The van der Waals surface area contributed by atoms with Gasteiger partial charge in [0.15, 0.2) is 5.13 Å². The smallest absolute Gasteiger partial charge is 0.328 e. The lowest BCUT2D eigenvalue weighted by Crippen LogP contribution is -2.42. The first-order valence-corrected chi connectivity index (χ1v) is 11.1. The molecule has 1 aromatic heterocycles. The van der Waals surface area contributed by atoms with E-state index in [9.17, 15) is 9.18 Å². The van der Waals surface area contributed by atoms with E-state index in [0.717, 1.165) is 58.3 Å². The van der Waals surface area contributed by atoms with Gasteiger partial charge in [-0.3, -0.25) is 0 Å². The normalized spacial score (nSPS) is 20.6. The Morgan fingerprint density at radius 3 is 3.00 bits per heavy atom. The number of anilines is 2. The third-order valence-corrected chi connectivity index (χ3v) is 7.03. The number of thiazole rings is 1. The van der Waals surface area contributed by atoms with Crippen molar-refractivity contribution in [3.8, 4) is 5.75 Å². The topological polar surface area (TPSA) is 63.7 Å². The van der Waals surface area contributed by atoms with E-state index in [-0.39, 0.29) is 18.0 Å². The third-order valence-electron chi connectivity index (χ3n) is 6.02. The lowest BCUT2D eigenvalue weighted by molar-refractivity contribution is 0.0142. The molecule has 0 bridgehead atoms. The van der Waals surface area contributed by atoms with Crippen molar-refractivity contribution in [2.45, 2.75) is 38.3 Å². The molecule has 0 spiro atoms. The summed E-state index contributed by atoms with van der Waals surface area (Å²) in [6, 6.07) is 6.61. The largest absolute Gasteiger partial charge is 0.493 e. The highest BCUT2D eigenvalue weighted by atomic mass is 32.1. The standard InChI is InChI=1S/C22H20FN3O3S/c23-12-9-14(17-3-1-2-7-28-17)15-11-24-21(27)26(16(15)10-12)22-25-20-13-6-8-29-18(13)4-5-19(20)30-22/h4-5,9-10,17H,1-3,6-8,11H2,(H,24,27). The number of ether oxygens (including phenoxy) is 2. The molecule has 0 radical (unpaired) electrons. The first-order chi connectivity index (χ1) is 14.7. The minimum Gasteiger partial charge on any atom is -0.493 e. The number of nitrogens with one attached hydrogen (secondary N) is 1. The molecule has 30 heavy (non-hydrogen) atoms. The highest BCUT2D eigenvalue weighted by Crippen LogP contribution is 2.43. The molecule has 2 aromatic carbocycles. The molecule has 3 aromatic rings. The molecule has 8 heteroatoms. The molecule has 6 rings (SSSR count). The van der Waals surface area contributed by atoms with Crippen molar-refractivity contribution in [2.75, 3.05) is 18.1 Å². The average Bonchev–Trinajstić information content (AvgIpc) is 3.40. The monoisotopic (exact) mass is 425 g/mol. The van der Waals surface area contributed by atoms with Crippen molar-refractivity contribution in [3.63, 3.8) is 0 Å². The van der Waals surface area contributed by atoms with Gasteiger partial charge in [-0.1, -0.05) is 11.3 Å². The number of amides is 2. The zero-order chi connectivity index (χ0) is 20.2. The number of nitrogens with zero attached hydrogens (tertiary/aromatic N) is 2. The lowest BCUT2D eigenvalue weighted by Gasteiger charge is -2.32. The highest BCUT2D eigenvalue weighted by Gasteiger charge is 2.33. The summed E-state index contributed by atoms with van der Waals surface area (Å²) in [5, 5.41) is 3.47. The summed E-state index contributed by atoms with van der Waals surface area (Å²) in [6.07, 6.45) is 3.59. The van der Waals surface area contributed by atoms with Crippen molar-refractivity contribution < 1.29 is 18.7 Å². The second kappa shape index (κ2) is 6.92. The Kier molecular flexibility index (Phi) is 4.17. The van der Waals surface area contributed by atoms with E-state index >= 15 is 0 Å². The number of fused-ring (bicyclic) bond motifs is 4. The van der Waals surface area contributed by atoms with Crippen LogP contribution in [-0.2, 0) is 17.7 Å². The number of hydrogen-bond donors (Lipinski definition) is 1. The number of urea groups is 1. The van der Waals surface area contributed by atoms with Crippen LogP contribution in [0.3, 0.4) is 0 Å². The number of halogens is 1. The predicted molar refractivity (Wildman–Crippen MR) is 112 cm³/mol. The SMILES string of the molecule is O=C1NCc2c(C3CCCCO3)cc(F)cc2N1c1nc2c3c(ccc2s1)OCC3. The van der Waals surface area contributed by atoms with Crippen molar-refractivity contribution in [2.24, 2.45) is 0 Å². The van der Waals surface area contributed by atoms with E-state index in [1.165, 1.54) is 22.3 Å². The minimum atomic E-state index is -0.368. The second-order valence-electron chi connectivity index (χ2n) is 7.83. The fourth-order valence-electron chi connectivity index (χ4n) is 4.60. The van der Waals surface area contributed by atoms with Crippen LogP contribution in [0.5, 0.6) is 5.75 Å².